The highest BCUT2D eigenvalue weighted by molar-refractivity contribution is 7.98. The van der Waals surface area contributed by atoms with E-state index in [9.17, 15) is 18.0 Å². The van der Waals surface area contributed by atoms with Crippen LogP contribution in [0.1, 0.15) is 19.3 Å². The normalized spacial score (nSPS) is 22.1. The summed E-state index contributed by atoms with van der Waals surface area (Å²) in [6.45, 7) is 2.70. The molecule has 0 N–H and O–H groups in total. The number of hydrogen-bond donors (Lipinski definition) is 0. The van der Waals surface area contributed by atoms with Crippen molar-refractivity contribution in [3.05, 3.63) is 46.4 Å². The zero-order chi connectivity index (χ0) is 22.0. The first kappa shape index (κ1) is 22.3. The summed E-state index contributed by atoms with van der Waals surface area (Å²) in [4.78, 5) is 15.2. The number of benzene rings is 1. The standard InChI is InChI=1S/C20H22ClF3N4O2S/c21-12-31-27-5-3-26(4-6-27)18-11-25-28(16-8-14(23)7-15(24)9-16)20(29)19(18)30-17-2-1-13(22)10-17/h7-9,11,13,17H,1-6,10,12H2. The van der Waals surface area contributed by atoms with Crippen LogP contribution < -0.4 is 15.2 Å². The van der Waals surface area contributed by atoms with Gasteiger partial charge in [-0.2, -0.15) is 9.78 Å². The van der Waals surface area contributed by atoms with Gasteiger partial charge in [-0.05, 0) is 25.0 Å². The van der Waals surface area contributed by atoms with Crippen molar-refractivity contribution in [3.8, 4) is 11.4 Å². The lowest BCUT2D eigenvalue weighted by molar-refractivity contribution is 0.193. The van der Waals surface area contributed by atoms with E-state index < -0.39 is 29.5 Å². The maximum absolute atomic E-state index is 13.7. The van der Waals surface area contributed by atoms with Gasteiger partial charge in [0.05, 0.1) is 17.1 Å². The molecule has 1 saturated heterocycles. The Morgan fingerprint density at radius 1 is 1.13 bits per heavy atom. The number of ether oxygens (including phenoxy) is 1. The molecule has 0 bridgehead atoms. The molecule has 2 unspecified atom stereocenters. The zero-order valence-electron chi connectivity index (χ0n) is 16.6. The van der Waals surface area contributed by atoms with Gasteiger partial charge >= 0.3 is 5.56 Å². The van der Waals surface area contributed by atoms with Gasteiger partial charge in [0, 0.05) is 38.7 Å². The number of hydrogen-bond acceptors (Lipinski definition) is 6. The quantitative estimate of drug-likeness (QED) is 0.469. The van der Waals surface area contributed by atoms with Crippen molar-refractivity contribution in [2.75, 3.05) is 36.3 Å². The van der Waals surface area contributed by atoms with Crippen LogP contribution in [-0.2, 0) is 0 Å². The fourth-order valence-corrected chi connectivity index (χ4v) is 4.87. The Morgan fingerprint density at radius 3 is 2.45 bits per heavy atom. The van der Waals surface area contributed by atoms with Gasteiger partial charge in [-0.3, -0.25) is 4.79 Å². The molecule has 0 spiro atoms. The molecule has 0 radical (unpaired) electrons. The van der Waals surface area contributed by atoms with Crippen LogP contribution in [0, 0.1) is 11.6 Å². The molecule has 2 heterocycles. The van der Waals surface area contributed by atoms with Gasteiger partial charge in [-0.15, -0.1) is 11.6 Å². The Labute approximate surface area is 187 Å². The maximum Gasteiger partial charge on any atom is 0.316 e. The van der Waals surface area contributed by atoms with Crippen LogP contribution in [0.2, 0.25) is 0 Å². The molecule has 6 nitrogen and oxygen atoms in total. The number of alkyl halides is 2. The second-order valence-electron chi connectivity index (χ2n) is 7.51. The molecule has 168 valence electrons. The summed E-state index contributed by atoms with van der Waals surface area (Å²) in [5.74, 6) is -1.62. The molecular weight excluding hydrogens is 453 g/mol. The van der Waals surface area contributed by atoms with Gasteiger partial charge in [-0.25, -0.2) is 17.5 Å². The summed E-state index contributed by atoms with van der Waals surface area (Å²) < 4.78 is 50.1. The topological polar surface area (TPSA) is 50.6 Å². The highest BCUT2D eigenvalue weighted by atomic mass is 35.5. The van der Waals surface area contributed by atoms with Crippen LogP contribution in [0.25, 0.3) is 5.69 Å². The minimum atomic E-state index is -0.967. The smallest absolute Gasteiger partial charge is 0.316 e. The van der Waals surface area contributed by atoms with Crippen molar-refractivity contribution in [3.63, 3.8) is 0 Å². The van der Waals surface area contributed by atoms with Crippen LogP contribution in [0.4, 0.5) is 18.9 Å². The predicted molar refractivity (Wildman–Crippen MR) is 115 cm³/mol. The van der Waals surface area contributed by atoms with E-state index in [1.165, 1.54) is 18.1 Å². The predicted octanol–water partition coefficient (Wildman–Crippen LogP) is 3.75. The Morgan fingerprint density at radius 2 is 1.84 bits per heavy atom. The van der Waals surface area contributed by atoms with Crippen molar-refractivity contribution in [2.24, 2.45) is 0 Å². The maximum atomic E-state index is 13.7. The molecular formula is C20H22ClF3N4O2S. The highest BCUT2D eigenvalue weighted by Gasteiger charge is 2.30. The van der Waals surface area contributed by atoms with Crippen LogP contribution >= 0.6 is 23.5 Å². The van der Waals surface area contributed by atoms with E-state index in [1.54, 1.807) is 0 Å². The Bertz CT molecular complexity index is 967. The molecule has 1 aliphatic heterocycles. The van der Waals surface area contributed by atoms with E-state index in [0.717, 1.165) is 36.0 Å². The summed E-state index contributed by atoms with van der Waals surface area (Å²) in [6, 6.07) is 2.77. The average Bonchev–Trinajstić information content (AvgIpc) is 3.14. The number of nitrogens with zero attached hydrogens (tertiary/aromatic N) is 4. The number of rotatable bonds is 6. The number of aromatic nitrogens is 2. The monoisotopic (exact) mass is 474 g/mol. The molecule has 2 atom stereocenters. The molecule has 1 aliphatic carbocycles. The molecule has 2 fully saturated rings. The summed E-state index contributed by atoms with van der Waals surface area (Å²) in [5.41, 5.74) is -0.185. The lowest BCUT2D eigenvalue weighted by Crippen LogP contribution is -2.44. The van der Waals surface area contributed by atoms with E-state index in [0.29, 0.717) is 36.8 Å². The van der Waals surface area contributed by atoms with Gasteiger partial charge < -0.3 is 9.64 Å². The molecule has 4 rings (SSSR count). The van der Waals surface area contributed by atoms with Gasteiger partial charge in [-0.1, -0.05) is 11.9 Å². The largest absolute Gasteiger partial charge is 0.483 e. The average molecular weight is 475 g/mol. The van der Waals surface area contributed by atoms with Crippen LogP contribution in [0.5, 0.6) is 5.75 Å². The zero-order valence-corrected chi connectivity index (χ0v) is 18.2. The summed E-state index contributed by atoms with van der Waals surface area (Å²) in [5, 5.41) is 4.61. The third-order valence-corrected chi connectivity index (χ3v) is 6.54. The molecule has 31 heavy (non-hydrogen) atoms. The molecule has 2 aliphatic rings. The second-order valence-corrected chi connectivity index (χ2v) is 9.16. The fraction of sp³-hybridized carbons (Fsp3) is 0.500. The van der Waals surface area contributed by atoms with Crippen molar-refractivity contribution < 1.29 is 17.9 Å². The molecule has 1 aromatic carbocycles. The van der Waals surface area contributed by atoms with E-state index >= 15 is 0 Å². The van der Waals surface area contributed by atoms with E-state index in [2.05, 4.69) is 9.40 Å². The van der Waals surface area contributed by atoms with Gasteiger partial charge in [0.15, 0.2) is 0 Å². The number of piperazine rings is 1. The molecule has 0 amide bonds. The van der Waals surface area contributed by atoms with Crippen molar-refractivity contribution in [1.82, 2.24) is 14.1 Å². The molecule has 2 aromatic rings. The fourth-order valence-electron chi connectivity index (χ4n) is 3.90. The highest BCUT2D eigenvalue weighted by Crippen LogP contribution is 2.31. The molecule has 11 heteroatoms. The molecule has 1 saturated carbocycles. The third kappa shape index (κ3) is 5.12. The second kappa shape index (κ2) is 9.70. The summed E-state index contributed by atoms with van der Waals surface area (Å²) in [7, 11) is 0. The van der Waals surface area contributed by atoms with Crippen molar-refractivity contribution >= 4 is 29.2 Å². The Kier molecular flexibility index (Phi) is 6.98. The number of halogens is 4. The SMILES string of the molecule is O=c1c(OC2CCC(F)C2)c(N2CCN(SCCl)CC2)cnn1-c1cc(F)cc(F)c1. The first-order chi connectivity index (χ1) is 14.9. The Hall–Kier alpha value is -1.91. The number of anilines is 1. The van der Waals surface area contributed by atoms with Gasteiger partial charge in [0.25, 0.3) is 0 Å². The van der Waals surface area contributed by atoms with E-state index in [1.807, 2.05) is 4.90 Å². The van der Waals surface area contributed by atoms with Crippen LogP contribution in [0.15, 0.2) is 29.2 Å². The summed E-state index contributed by atoms with van der Waals surface area (Å²) >= 11 is 7.32. The van der Waals surface area contributed by atoms with E-state index in [-0.39, 0.29) is 17.9 Å². The summed E-state index contributed by atoms with van der Waals surface area (Å²) in [6.07, 6.45) is 1.14. The molecule has 1 aromatic heterocycles. The first-order valence-electron chi connectivity index (χ1n) is 10.0. The minimum Gasteiger partial charge on any atom is -0.483 e. The lowest BCUT2D eigenvalue weighted by atomic mass is 10.2. The van der Waals surface area contributed by atoms with Gasteiger partial charge in [0.1, 0.15) is 29.6 Å². The first-order valence-corrected chi connectivity index (χ1v) is 11.5. The van der Waals surface area contributed by atoms with Crippen molar-refractivity contribution in [2.45, 2.75) is 31.5 Å². The van der Waals surface area contributed by atoms with Gasteiger partial charge in [0.2, 0.25) is 5.75 Å². The third-order valence-electron chi connectivity index (χ3n) is 5.42. The minimum absolute atomic E-state index is 0.0252. The van der Waals surface area contributed by atoms with Crippen LogP contribution in [-0.4, -0.2) is 57.8 Å². The Balaban J connectivity index is 1.69. The van der Waals surface area contributed by atoms with E-state index in [4.69, 9.17) is 16.3 Å². The van der Waals surface area contributed by atoms with Crippen molar-refractivity contribution in [1.29, 1.82) is 0 Å². The van der Waals surface area contributed by atoms with Crippen LogP contribution in [0.3, 0.4) is 0 Å². The lowest BCUT2D eigenvalue weighted by Gasteiger charge is -2.35.